The molecule has 0 aliphatic carbocycles. The van der Waals surface area contributed by atoms with Gasteiger partial charge in [0.25, 0.3) is 0 Å². The average Bonchev–Trinajstić information content (AvgIpc) is 2.32. The Bertz CT molecular complexity index is 132. The van der Waals surface area contributed by atoms with Gasteiger partial charge < -0.3 is 5.32 Å². The van der Waals surface area contributed by atoms with Crippen molar-refractivity contribution in [1.82, 2.24) is 10.2 Å². The van der Waals surface area contributed by atoms with Gasteiger partial charge in [-0.3, -0.25) is 4.90 Å². The van der Waals surface area contributed by atoms with Crippen LogP contribution < -0.4 is 5.32 Å². The molecule has 1 unspecified atom stereocenters. The van der Waals surface area contributed by atoms with Gasteiger partial charge in [-0.25, -0.2) is 0 Å². The summed E-state index contributed by atoms with van der Waals surface area (Å²) in [4.78, 5) is 2.66. The lowest BCUT2D eigenvalue weighted by Gasteiger charge is -2.35. The molecule has 0 aromatic heterocycles. The number of hydrogen-bond donors (Lipinski definition) is 1. The Labute approximate surface area is 69.0 Å². The molecule has 0 bridgehead atoms. The molecule has 1 N–H and O–H groups in total. The Morgan fingerprint density at radius 2 is 2.27 bits per heavy atom. The van der Waals surface area contributed by atoms with Crippen LogP contribution >= 0.6 is 0 Å². The third kappa shape index (κ3) is 1.42. The van der Waals surface area contributed by atoms with Gasteiger partial charge in [-0.2, -0.15) is 0 Å². The predicted molar refractivity (Wildman–Crippen MR) is 46.6 cm³/mol. The van der Waals surface area contributed by atoms with Gasteiger partial charge >= 0.3 is 0 Å². The normalized spacial score (nSPS) is 34.1. The van der Waals surface area contributed by atoms with Gasteiger partial charge in [0.05, 0.1) is 0 Å². The van der Waals surface area contributed by atoms with E-state index in [9.17, 15) is 0 Å². The molecule has 0 aromatic rings. The molecule has 2 nitrogen and oxygen atoms in total. The molecule has 2 aliphatic heterocycles. The summed E-state index contributed by atoms with van der Waals surface area (Å²) in [5.41, 5.74) is 0. The van der Waals surface area contributed by atoms with Crippen molar-refractivity contribution in [2.45, 2.75) is 25.8 Å². The molecule has 0 saturated carbocycles. The van der Waals surface area contributed by atoms with Crippen molar-refractivity contribution in [2.24, 2.45) is 5.92 Å². The summed E-state index contributed by atoms with van der Waals surface area (Å²) in [6.07, 6.45) is 2.81. The first-order valence-electron chi connectivity index (χ1n) is 4.85. The van der Waals surface area contributed by atoms with E-state index in [2.05, 4.69) is 17.1 Å². The van der Waals surface area contributed by atoms with Crippen LogP contribution in [0.3, 0.4) is 0 Å². The number of nitrogens with zero attached hydrogens (tertiary/aromatic N) is 1. The summed E-state index contributed by atoms with van der Waals surface area (Å²) in [5.74, 6) is 0.996. The average molecular weight is 154 g/mol. The molecular weight excluding hydrogens is 136 g/mol. The van der Waals surface area contributed by atoms with E-state index in [4.69, 9.17) is 0 Å². The summed E-state index contributed by atoms with van der Waals surface area (Å²) < 4.78 is 0. The second kappa shape index (κ2) is 3.11. The second-order valence-electron chi connectivity index (χ2n) is 3.87. The SMILES string of the molecule is CCC1CCN(C2CNC2)C1. The fourth-order valence-corrected chi connectivity index (χ4v) is 2.06. The molecule has 0 aromatic carbocycles. The van der Waals surface area contributed by atoms with Crippen LogP contribution in [0.15, 0.2) is 0 Å². The van der Waals surface area contributed by atoms with Crippen molar-refractivity contribution in [2.75, 3.05) is 26.2 Å². The van der Waals surface area contributed by atoms with Gasteiger partial charge in [0.1, 0.15) is 0 Å². The van der Waals surface area contributed by atoms with E-state index in [1.807, 2.05) is 0 Å². The minimum atomic E-state index is 0.881. The zero-order valence-corrected chi connectivity index (χ0v) is 7.34. The molecule has 2 saturated heterocycles. The fourth-order valence-electron chi connectivity index (χ4n) is 2.06. The van der Waals surface area contributed by atoms with E-state index in [0.717, 1.165) is 12.0 Å². The Balaban J connectivity index is 1.79. The maximum absolute atomic E-state index is 3.33. The van der Waals surface area contributed by atoms with Crippen LogP contribution in [0.2, 0.25) is 0 Å². The van der Waals surface area contributed by atoms with Crippen molar-refractivity contribution >= 4 is 0 Å². The largest absolute Gasteiger partial charge is 0.314 e. The Morgan fingerprint density at radius 1 is 1.45 bits per heavy atom. The maximum atomic E-state index is 3.33. The minimum absolute atomic E-state index is 0.881. The Morgan fingerprint density at radius 3 is 2.73 bits per heavy atom. The highest BCUT2D eigenvalue weighted by molar-refractivity contribution is 4.88. The second-order valence-corrected chi connectivity index (χ2v) is 3.87. The number of rotatable bonds is 2. The highest BCUT2D eigenvalue weighted by atomic mass is 15.2. The Kier molecular flexibility index (Phi) is 2.14. The fraction of sp³-hybridized carbons (Fsp3) is 1.00. The smallest absolute Gasteiger partial charge is 0.0345 e. The van der Waals surface area contributed by atoms with E-state index in [-0.39, 0.29) is 0 Å². The van der Waals surface area contributed by atoms with Crippen molar-refractivity contribution < 1.29 is 0 Å². The van der Waals surface area contributed by atoms with E-state index in [0.29, 0.717) is 0 Å². The zero-order valence-electron chi connectivity index (χ0n) is 7.34. The standard InChI is InChI=1S/C9H18N2/c1-2-8-3-4-11(7-8)9-5-10-6-9/h8-10H,2-7H2,1H3. The number of likely N-dealkylation sites (tertiary alicyclic amines) is 1. The lowest BCUT2D eigenvalue weighted by molar-refractivity contribution is 0.173. The zero-order chi connectivity index (χ0) is 7.68. The van der Waals surface area contributed by atoms with Gasteiger partial charge in [-0.15, -0.1) is 0 Å². The molecule has 11 heavy (non-hydrogen) atoms. The van der Waals surface area contributed by atoms with Crippen LogP contribution in [0, 0.1) is 5.92 Å². The van der Waals surface area contributed by atoms with E-state index in [1.54, 1.807) is 0 Å². The first-order chi connectivity index (χ1) is 5.40. The third-order valence-corrected chi connectivity index (χ3v) is 3.17. The van der Waals surface area contributed by atoms with Crippen LogP contribution in [0.4, 0.5) is 0 Å². The van der Waals surface area contributed by atoms with E-state index in [1.165, 1.54) is 39.0 Å². The van der Waals surface area contributed by atoms with Crippen molar-refractivity contribution in [3.05, 3.63) is 0 Å². The van der Waals surface area contributed by atoms with Crippen molar-refractivity contribution in [1.29, 1.82) is 0 Å². The maximum Gasteiger partial charge on any atom is 0.0345 e. The van der Waals surface area contributed by atoms with Crippen molar-refractivity contribution in [3.63, 3.8) is 0 Å². The highest BCUT2D eigenvalue weighted by Crippen LogP contribution is 2.22. The highest BCUT2D eigenvalue weighted by Gasteiger charge is 2.30. The molecule has 64 valence electrons. The van der Waals surface area contributed by atoms with E-state index >= 15 is 0 Å². The first-order valence-corrected chi connectivity index (χ1v) is 4.85. The third-order valence-electron chi connectivity index (χ3n) is 3.17. The van der Waals surface area contributed by atoms with E-state index < -0.39 is 0 Å². The summed E-state index contributed by atoms with van der Waals surface area (Å²) in [7, 11) is 0. The molecule has 1 atom stereocenters. The molecule has 2 heterocycles. The van der Waals surface area contributed by atoms with Gasteiger partial charge in [0.15, 0.2) is 0 Å². The van der Waals surface area contributed by atoms with Crippen LogP contribution in [0.5, 0.6) is 0 Å². The molecule has 2 fully saturated rings. The number of hydrogen-bond acceptors (Lipinski definition) is 2. The van der Waals surface area contributed by atoms with Gasteiger partial charge in [0, 0.05) is 25.7 Å². The molecule has 2 aliphatic rings. The van der Waals surface area contributed by atoms with Gasteiger partial charge in [-0.1, -0.05) is 13.3 Å². The lowest BCUT2D eigenvalue weighted by Crippen LogP contribution is -2.56. The van der Waals surface area contributed by atoms with Gasteiger partial charge in [-0.05, 0) is 18.9 Å². The molecular formula is C9H18N2. The minimum Gasteiger partial charge on any atom is -0.314 e. The van der Waals surface area contributed by atoms with Crippen LogP contribution in [0.1, 0.15) is 19.8 Å². The number of nitrogens with one attached hydrogen (secondary N) is 1. The van der Waals surface area contributed by atoms with Crippen LogP contribution in [-0.2, 0) is 0 Å². The molecule has 0 amide bonds. The summed E-state index contributed by atoms with van der Waals surface area (Å²) in [6.45, 7) is 7.49. The molecule has 2 rings (SSSR count). The molecule has 0 radical (unpaired) electrons. The Hall–Kier alpha value is -0.0800. The van der Waals surface area contributed by atoms with Crippen LogP contribution in [0.25, 0.3) is 0 Å². The topological polar surface area (TPSA) is 15.3 Å². The first kappa shape index (κ1) is 7.56. The molecule has 2 heteroatoms. The quantitative estimate of drug-likeness (QED) is 0.629. The summed E-state index contributed by atoms with van der Waals surface area (Å²) >= 11 is 0. The molecule has 0 spiro atoms. The lowest BCUT2D eigenvalue weighted by atomic mass is 10.1. The summed E-state index contributed by atoms with van der Waals surface area (Å²) in [5, 5.41) is 3.33. The van der Waals surface area contributed by atoms with Crippen LogP contribution in [-0.4, -0.2) is 37.1 Å². The predicted octanol–water partition coefficient (Wildman–Crippen LogP) is 0.690. The summed E-state index contributed by atoms with van der Waals surface area (Å²) in [6, 6.07) is 0.881. The monoisotopic (exact) mass is 154 g/mol. The van der Waals surface area contributed by atoms with Crippen molar-refractivity contribution in [3.8, 4) is 0 Å². The van der Waals surface area contributed by atoms with Gasteiger partial charge in [0.2, 0.25) is 0 Å².